The minimum atomic E-state index is -4.31. The van der Waals surface area contributed by atoms with Gasteiger partial charge in [0.2, 0.25) is 0 Å². The molecule has 0 radical (unpaired) electrons. The molecule has 0 bridgehead atoms. The molecular weight excluding hydrogens is 221 g/mol. The van der Waals surface area contributed by atoms with Crippen LogP contribution in [0.1, 0.15) is 11.1 Å². The molecule has 3 nitrogen and oxygen atoms in total. The van der Waals surface area contributed by atoms with Crippen LogP contribution in [0.4, 0.5) is 13.2 Å². The number of benzene rings is 1. The third kappa shape index (κ3) is 3.90. The molecule has 1 aromatic carbocycles. The molecule has 0 saturated heterocycles. The molecule has 0 spiro atoms. The second-order valence-corrected chi connectivity index (χ2v) is 2.98. The van der Waals surface area contributed by atoms with E-state index in [0.29, 0.717) is 12.1 Å². The SMILES string of the molecule is NCCON=Cc1ccc(C(F)(F)F)cc1. The third-order valence-electron chi connectivity index (χ3n) is 1.72. The van der Waals surface area contributed by atoms with E-state index in [1.807, 2.05) is 0 Å². The molecule has 0 aliphatic rings. The fraction of sp³-hybridized carbons (Fsp3) is 0.300. The molecule has 0 atom stereocenters. The van der Waals surface area contributed by atoms with E-state index < -0.39 is 11.7 Å². The smallest absolute Gasteiger partial charge is 0.394 e. The molecule has 0 aromatic heterocycles. The van der Waals surface area contributed by atoms with Gasteiger partial charge < -0.3 is 10.6 Å². The normalized spacial score (nSPS) is 12.0. The van der Waals surface area contributed by atoms with Crippen molar-refractivity contribution in [2.75, 3.05) is 13.2 Å². The van der Waals surface area contributed by atoms with Crippen molar-refractivity contribution < 1.29 is 18.0 Å². The Bertz CT molecular complexity index is 346. The highest BCUT2D eigenvalue weighted by Crippen LogP contribution is 2.28. The van der Waals surface area contributed by atoms with Crippen LogP contribution in [0.15, 0.2) is 29.4 Å². The van der Waals surface area contributed by atoms with Gasteiger partial charge in [-0.1, -0.05) is 17.3 Å². The molecule has 2 N–H and O–H groups in total. The van der Waals surface area contributed by atoms with Gasteiger partial charge in [-0.25, -0.2) is 0 Å². The van der Waals surface area contributed by atoms with Crippen molar-refractivity contribution >= 4 is 6.21 Å². The van der Waals surface area contributed by atoms with Crippen LogP contribution in [0.25, 0.3) is 0 Å². The summed E-state index contributed by atoms with van der Waals surface area (Å²) in [6.45, 7) is 0.613. The van der Waals surface area contributed by atoms with Crippen LogP contribution in [-0.4, -0.2) is 19.4 Å². The summed E-state index contributed by atoms with van der Waals surface area (Å²) >= 11 is 0. The van der Waals surface area contributed by atoms with Crippen LogP contribution in [-0.2, 0) is 11.0 Å². The van der Waals surface area contributed by atoms with Crippen molar-refractivity contribution in [2.45, 2.75) is 6.18 Å². The molecule has 1 rings (SSSR count). The monoisotopic (exact) mass is 232 g/mol. The van der Waals surface area contributed by atoms with Crippen LogP contribution in [0, 0.1) is 0 Å². The highest BCUT2D eigenvalue weighted by molar-refractivity contribution is 5.79. The number of halogens is 3. The number of hydrogen-bond acceptors (Lipinski definition) is 3. The summed E-state index contributed by atoms with van der Waals surface area (Å²) in [6, 6.07) is 4.62. The van der Waals surface area contributed by atoms with Crippen LogP contribution in [0.2, 0.25) is 0 Å². The molecule has 0 amide bonds. The van der Waals surface area contributed by atoms with E-state index in [1.165, 1.54) is 18.3 Å². The predicted octanol–water partition coefficient (Wildman–Crippen LogP) is 2.01. The number of hydrogen-bond donors (Lipinski definition) is 1. The molecule has 0 aliphatic heterocycles. The zero-order valence-corrected chi connectivity index (χ0v) is 8.37. The van der Waals surface area contributed by atoms with Crippen molar-refractivity contribution in [1.29, 1.82) is 0 Å². The first-order chi connectivity index (χ1) is 7.54. The predicted molar refractivity (Wildman–Crippen MR) is 54.0 cm³/mol. The summed E-state index contributed by atoms with van der Waals surface area (Å²) < 4.78 is 36.6. The Labute approximate surface area is 90.7 Å². The second kappa shape index (κ2) is 5.50. The highest BCUT2D eigenvalue weighted by atomic mass is 19.4. The van der Waals surface area contributed by atoms with E-state index in [4.69, 9.17) is 10.6 Å². The summed E-state index contributed by atoms with van der Waals surface area (Å²) in [5, 5.41) is 3.54. The van der Waals surface area contributed by atoms with Crippen molar-refractivity contribution in [2.24, 2.45) is 10.9 Å². The molecule has 0 saturated carbocycles. The largest absolute Gasteiger partial charge is 0.416 e. The van der Waals surface area contributed by atoms with E-state index in [2.05, 4.69) is 5.16 Å². The Balaban J connectivity index is 2.61. The van der Waals surface area contributed by atoms with E-state index in [9.17, 15) is 13.2 Å². The zero-order valence-electron chi connectivity index (χ0n) is 8.37. The summed E-state index contributed by atoms with van der Waals surface area (Å²) in [7, 11) is 0. The molecule has 0 aliphatic carbocycles. The maximum Gasteiger partial charge on any atom is 0.416 e. The fourth-order valence-electron chi connectivity index (χ4n) is 0.962. The lowest BCUT2D eigenvalue weighted by molar-refractivity contribution is -0.137. The second-order valence-electron chi connectivity index (χ2n) is 2.98. The summed E-state index contributed by atoms with van der Waals surface area (Å²) in [6.07, 6.45) is -2.98. The molecule has 6 heteroatoms. The minimum absolute atomic E-state index is 0.275. The molecule has 88 valence electrons. The lowest BCUT2D eigenvalue weighted by Crippen LogP contribution is -2.05. The standard InChI is InChI=1S/C10H11F3N2O/c11-10(12,13)9-3-1-8(2-4-9)7-15-16-6-5-14/h1-4,7H,5-6,14H2. The van der Waals surface area contributed by atoms with Gasteiger partial charge in [0.1, 0.15) is 6.61 Å². The van der Waals surface area contributed by atoms with Crippen LogP contribution in [0.3, 0.4) is 0 Å². The van der Waals surface area contributed by atoms with Gasteiger partial charge >= 0.3 is 6.18 Å². The molecule has 0 heterocycles. The fourth-order valence-corrected chi connectivity index (χ4v) is 0.962. The van der Waals surface area contributed by atoms with Gasteiger partial charge in [0.25, 0.3) is 0 Å². The van der Waals surface area contributed by atoms with Gasteiger partial charge in [-0.05, 0) is 17.7 Å². The molecule has 1 aromatic rings. The van der Waals surface area contributed by atoms with E-state index in [0.717, 1.165) is 12.1 Å². The van der Waals surface area contributed by atoms with E-state index >= 15 is 0 Å². The van der Waals surface area contributed by atoms with Gasteiger partial charge in [-0.3, -0.25) is 0 Å². The highest BCUT2D eigenvalue weighted by Gasteiger charge is 2.29. The topological polar surface area (TPSA) is 47.6 Å². The Morgan fingerprint density at radius 1 is 1.25 bits per heavy atom. The number of nitrogens with two attached hydrogens (primary N) is 1. The minimum Gasteiger partial charge on any atom is -0.394 e. The number of oxime groups is 1. The Hall–Kier alpha value is -1.56. The van der Waals surface area contributed by atoms with Gasteiger partial charge in [0, 0.05) is 6.54 Å². The molecule has 0 unspecified atom stereocenters. The maximum atomic E-state index is 12.2. The first-order valence-electron chi connectivity index (χ1n) is 4.56. The van der Waals surface area contributed by atoms with Gasteiger partial charge in [0.05, 0.1) is 11.8 Å². The summed E-state index contributed by atoms with van der Waals surface area (Å²) in [5.41, 5.74) is 5.00. The lowest BCUT2D eigenvalue weighted by atomic mass is 10.1. The summed E-state index contributed by atoms with van der Waals surface area (Å²) in [5.74, 6) is 0. The molecule has 16 heavy (non-hydrogen) atoms. The van der Waals surface area contributed by atoms with Crippen LogP contribution >= 0.6 is 0 Å². The first-order valence-corrected chi connectivity index (χ1v) is 4.56. The number of alkyl halides is 3. The van der Waals surface area contributed by atoms with Crippen LogP contribution in [0.5, 0.6) is 0 Å². The van der Waals surface area contributed by atoms with Gasteiger partial charge in [0.15, 0.2) is 0 Å². The number of rotatable bonds is 4. The van der Waals surface area contributed by atoms with Crippen molar-refractivity contribution in [3.05, 3.63) is 35.4 Å². The maximum absolute atomic E-state index is 12.2. The average molecular weight is 232 g/mol. The Morgan fingerprint density at radius 3 is 2.38 bits per heavy atom. The van der Waals surface area contributed by atoms with Crippen molar-refractivity contribution in [3.8, 4) is 0 Å². The van der Waals surface area contributed by atoms with Crippen molar-refractivity contribution in [3.63, 3.8) is 0 Å². The van der Waals surface area contributed by atoms with Crippen molar-refractivity contribution in [1.82, 2.24) is 0 Å². The quantitative estimate of drug-likeness (QED) is 0.490. The zero-order chi connectivity index (χ0) is 12.0. The van der Waals surface area contributed by atoms with E-state index in [-0.39, 0.29) is 6.61 Å². The van der Waals surface area contributed by atoms with E-state index in [1.54, 1.807) is 0 Å². The summed E-state index contributed by atoms with van der Waals surface area (Å²) in [4.78, 5) is 4.71. The van der Waals surface area contributed by atoms with Gasteiger partial charge in [-0.2, -0.15) is 13.2 Å². The van der Waals surface area contributed by atoms with Gasteiger partial charge in [-0.15, -0.1) is 0 Å². The first kappa shape index (κ1) is 12.5. The average Bonchev–Trinajstić information content (AvgIpc) is 2.24. The van der Waals surface area contributed by atoms with Crippen LogP contribution < -0.4 is 5.73 Å². The Kier molecular flexibility index (Phi) is 4.30. The third-order valence-corrected chi connectivity index (χ3v) is 1.72. The molecular formula is C10H11F3N2O. The molecule has 0 fully saturated rings. The Morgan fingerprint density at radius 2 is 1.88 bits per heavy atom. The number of nitrogens with zero attached hydrogens (tertiary/aromatic N) is 1. The lowest BCUT2D eigenvalue weighted by Gasteiger charge is -2.05.